The lowest BCUT2D eigenvalue weighted by Gasteiger charge is -2.28. The Bertz CT molecular complexity index is 361. The topological polar surface area (TPSA) is 40.5 Å². The molecule has 1 aliphatic rings. The standard InChI is InChI=1S/C14H20O2/c1-9-4-3-5-11(6-9)14-12(15)7-10(2)8-13(14)16/h7-9,11,15-16H,3-6H2,1-2H3. The third kappa shape index (κ3) is 2.16. The quantitative estimate of drug-likeness (QED) is 0.757. The predicted molar refractivity (Wildman–Crippen MR) is 64.9 cm³/mol. The van der Waals surface area contributed by atoms with Crippen molar-refractivity contribution >= 4 is 0 Å². The van der Waals surface area contributed by atoms with Gasteiger partial charge in [0.15, 0.2) is 0 Å². The Hall–Kier alpha value is -1.18. The lowest BCUT2D eigenvalue weighted by molar-refractivity contribution is 0.327. The van der Waals surface area contributed by atoms with E-state index in [9.17, 15) is 10.2 Å². The number of aryl methyl sites for hydroxylation is 1. The van der Waals surface area contributed by atoms with Crippen LogP contribution < -0.4 is 0 Å². The van der Waals surface area contributed by atoms with Crippen molar-refractivity contribution in [2.75, 3.05) is 0 Å². The lowest BCUT2D eigenvalue weighted by atomic mass is 9.78. The number of phenols is 2. The van der Waals surface area contributed by atoms with Gasteiger partial charge in [-0.1, -0.05) is 19.8 Å². The van der Waals surface area contributed by atoms with E-state index < -0.39 is 0 Å². The number of aromatic hydroxyl groups is 2. The number of hydrogen-bond acceptors (Lipinski definition) is 2. The summed E-state index contributed by atoms with van der Waals surface area (Å²) >= 11 is 0. The van der Waals surface area contributed by atoms with Crippen molar-refractivity contribution in [1.82, 2.24) is 0 Å². The zero-order valence-corrected chi connectivity index (χ0v) is 10.0. The molecule has 2 N–H and O–H groups in total. The van der Waals surface area contributed by atoms with Crippen molar-refractivity contribution in [2.24, 2.45) is 5.92 Å². The molecule has 1 saturated carbocycles. The number of benzene rings is 1. The molecule has 0 spiro atoms. The minimum Gasteiger partial charge on any atom is -0.508 e. The highest BCUT2D eigenvalue weighted by atomic mass is 16.3. The molecule has 88 valence electrons. The van der Waals surface area contributed by atoms with Gasteiger partial charge in [0.25, 0.3) is 0 Å². The fraction of sp³-hybridized carbons (Fsp3) is 0.571. The minimum absolute atomic E-state index is 0.261. The van der Waals surface area contributed by atoms with E-state index in [4.69, 9.17) is 0 Å². The molecule has 0 saturated heterocycles. The number of phenolic OH excluding ortho intramolecular Hbond substituents is 2. The fourth-order valence-electron chi connectivity index (χ4n) is 2.87. The van der Waals surface area contributed by atoms with Crippen molar-refractivity contribution in [2.45, 2.75) is 45.4 Å². The van der Waals surface area contributed by atoms with Crippen molar-refractivity contribution in [3.63, 3.8) is 0 Å². The molecule has 0 aliphatic heterocycles. The van der Waals surface area contributed by atoms with E-state index in [1.54, 1.807) is 12.1 Å². The van der Waals surface area contributed by atoms with Crippen LogP contribution in [0.3, 0.4) is 0 Å². The Morgan fingerprint density at radius 3 is 2.31 bits per heavy atom. The Morgan fingerprint density at radius 2 is 1.75 bits per heavy atom. The van der Waals surface area contributed by atoms with Crippen LogP contribution in [0.2, 0.25) is 0 Å². The van der Waals surface area contributed by atoms with Crippen LogP contribution in [0.5, 0.6) is 11.5 Å². The van der Waals surface area contributed by atoms with Crippen molar-refractivity contribution in [3.8, 4) is 11.5 Å². The van der Waals surface area contributed by atoms with Crippen LogP contribution >= 0.6 is 0 Å². The molecule has 1 fully saturated rings. The van der Waals surface area contributed by atoms with Gasteiger partial charge in [-0.25, -0.2) is 0 Å². The van der Waals surface area contributed by atoms with Crippen LogP contribution in [0.25, 0.3) is 0 Å². The molecular formula is C14H20O2. The van der Waals surface area contributed by atoms with Gasteiger partial charge in [-0.15, -0.1) is 0 Å². The lowest BCUT2D eigenvalue weighted by Crippen LogP contribution is -2.12. The second-order valence-electron chi connectivity index (χ2n) is 5.19. The Labute approximate surface area is 96.9 Å². The summed E-state index contributed by atoms with van der Waals surface area (Å²) in [5.41, 5.74) is 1.67. The van der Waals surface area contributed by atoms with E-state index in [0.717, 1.165) is 24.0 Å². The maximum absolute atomic E-state index is 9.95. The Kier molecular flexibility index (Phi) is 3.08. The molecular weight excluding hydrogens is 200 g/mol. The molecule has 2 unspecified atom stereocenters. The molecule has 0 radical (unpaired) electrons. The average Bonchev–Trinajstić information content (AvgIpc) is 2.15. The van der Waals surface area contributed by atoms with Crippen LogP contribution in [0, 0.1) is 12.8 Å². The summed E-state index contributed by atoms with van der Waals surface area (Å²) < 4.78 is 0. The van der Waals surface area contributed by atoms with E-state index >= 15 is 0 Å². The van der Waals surface area contributed by atoms with Gasteiger partial charge in [0, 0.05) is 5.56 Å². The SMILES string of the molecule is Cc1cc(O)c(C2CCCC(C)C2)c(O)c1. The predicted octanol–water partition coefficient (Wildman–Crippen LogP) is 3.70. The molecule has 16 heavy (non-hydrogen) atoms. The normalized spacial score (nSPS) is 25.6. The average molecular weight is 220 g/mol. The summed E-state index contributed by atoms with van der Waals surface area (Å²) in [6.07, 6.45) is 4.61. The second-order valence-corrected chi connectivity index (χ2v) is 5.19. The third-order valence-corrected chi connectivity index (χ3v) is 3.63. The van der Waals surface area contributed by atoms with E-state index in [-0.39, 0.29) is 11.5 Å². The summed E-state index contributed by atoms with van der Waals surface area (Å²) in [6.45, 7) is 4.13. The molecule has 1 aromatic carbocycles. The smallest absolute Gasteiger partial charge is 0.123 e. The summed E-state index contributed by atoms with van der Waals surface area (Å²) in [4.78, 5) is 0. The molecule has 1 aliphatic carbocycles. The molecule has 0 heterocycles. The maximum atomic E-state index is 9.95. The highest BCUT2D eigenvalue weighted by molar-refractivity contribution is 5.48. The first-order chi connectivity index (χ1) is 7.58. The van der Waals surface area contributed by atoms with Crippen LogP contribution in [0.1, 0.15) is 49.7 Å². The maximum Gasteiger partial charge on any atom is 0.123 e. The van der Waals surface area contributed by atoms with Gasteiger partial charge in [-0.3, -0.25) is 0 Å². The third-order valence-electron chi connectivity index (χ3n) is 3.63. The van der Waals surface area contributed by atoms with Crippen LogP contribution in [-0.4, -0.2) is 10.2 Å². The molecule has 2 nitrogen and oxygen atoms in total. The van der Waals surface area contributed by atoms with Crippen molar-refractivity contribution in [3.05, 3.63) is 23.3 Å². The van der Waals surface area contributed by atoms with Gasteiger partial charge in [-0.2, -0.15) is 0 Å². The van der Waals surface area contributed by atoms with Crippen LogP contribution in [0.4, 0.5) is 0 Å². The van der Waals surface area contributed by atoms with Gasteiger partial charge in [0.05, 0.1) is 0 Å². The van der Waals surface area contributed by atoms with Gasteiger partial charge >= 0.3 is 0 Å². The van der Waals surface area contributed by atoms with Gasteiger partial charge in [0.2, 0.25) is 0 Å². The van der Waals surface area contributed by atoms with E-state index in [1.165, 1.54) is 12.8 Å². The summed E-state index contributed by atoms with van der Waals surface area (Å²) in [5.74, 6) is 1.54. The first-order valence-corrected chi connectivity index (χ1v) is 6.10. The van der Waals surface area contributed by atoms with Gasteiger partial charge < -0.3 is 10.2 Å². The van der Waals surface area contributed by atoms with Crippen LogP contribution in [0.15, 0.2) is 12.1 Å². The molecule has 1 aromatic rings. The minimum atomic E-state index is 0.261. The first kappa shape index (κ1) is 11.3. The summed E-state index contributed by atoms with van der Waals surface area (Å²) in [6, 6.07) is 3.49. The zero-order valence-electron chi connectivity index (χ0n) is 10.0. The molecule has 2 rings (SSSR count). The molecule has 2 heteroatoms. The van der Waals surface area contributed by atoms with Gasteiger partial charge in [0.1, 0.15) is 11.5 Å². The highest BCUT2D eigenvalue weighted by Gasteiger charge is 2.25. The molecule has 0 amide bonds. The monoisotopic (exact) mass is 220 g/mol. The van der Waals surface area contributed by atoms with E-state index in [2.05, 4.69) is 6.92 Å². The molecule has 0 bridgehead atoms. The number of hydrogen-bond donors (Lipinski definition) is 2. The first-order valence-electron chi connectivity index (χ1n) is 6.10. The van der Waals surface area contributed by atoms with Crippen LogP contribution in [-0.2, 0) is 0 Å². The molecule has 0 aromatic heterocycles. The molecule has 2 atom stereocenters. The highest BCUT2D eigenvalue weighted by Crippen LogP contribution is 2.43. The Balaban J connectivity index is 2.32. The van der Waals surface area contributed by atoms with E-state index in [1.807, 2.05) is 6.92 Å². The van der Waals surface area contributed by atoms with E-state index in [0.29, 0.717) is 11.8 Å². The summed E-state index contributed by atoms with van der Waals surface area (Å²) in [7, 11) is 0. The fourth-order valence-corrected chi connectivity index (χ4v) is 2.87. The zero-order chi connectivity index (χ0) is 11.7. The Morgan fingerprint density at radius 1 is 1.12 bits per heavy atom. The summed E-state index contributed by atoms with van der Waals surface area (Å²) in [5, 5.41) is 19.9. The van der Waals surface area contributed by atoms with Gasteiger partial charge in [-0.05, 0) is 49.3 Å². The number of rotatable bonds is 1. The van der Waals surface area contributed by atoms with Crippen molar-refractivity contribution in [1.29, 1.82) is 0 Å². The second kappa shape index (κ2) is 4.36. The van der Waals surface area contributed by atoms with Crippen molar-refractivity contribution < 1.29 is 10.2 Å². The largest absolute Gasteiger partial charge is 0.508 e.